The summed E-state index contributed by atoms with van der Waals surface area (Å²) in [6.07, 6.45) is 12.3. The van der Waals surface area contributed by atoms with Crippen molar-refractivity contribution in [3.63, 3.8) is 0 Å². The van der Waals surface area contributed by atoms with Crippen LogP contribution in [0.1, 0.15) is 24.2 Å². The largest absolute Gasteiger partial charge is 0.356 e. The SMILES string of the molecule is Cc1cc(N2CCC[C@H](Cc3cncc(-c4cncn4C)n3)C2)ncn1. The maximum absolute atomic E-state index is 4.81. The van der Waals surface area contributed by atoms with Crippen LogP contribution >= 0.6 is 0 Å². The van der Waals surface area contributed by atoms with Crippen molar-refractivity contribution in [2.75, 3.05) is 18.0 Å². The lowest BCUT2D eigenvalue weighted by atomic mass is 9.93. The molecule has 1 fully saturated rings. The van der Waals surface area contributed by atoms with Gasteiger partial charge in [-0.15, -0.1) is 0 Å². The fraction of sp³-hybridized carbons (Fsp3) is 0.421. The average molecular weight is 349 g/mol. The van der Waals surface area contributed by atoms with Gasteiger partial charge in [0.1, 0.15) is 17.8 Å². The molecule has 7 heteroatoms. The number of aromatic nitrogens is 6. The molecule has 0 unspecified atom stereocenters. The number of anilines is 1. The van der Waals surface area contributed by atoms with Gasteiger partial charge in [0.25, 0.3) is 0 Å². The minimum atomic E-state index is 0.551. The highest BCUT2D eigenvalue weighted by Gasteiger charge is 2.22. The molecule has 26 heavy (non-hydrogen) atoms. The molecule has 0 aromatic carbocycles. The van der Waals surface area contributed by atoms with E-state index in [1.165, 1.54) is 12.8 Å². The van der Waals surface area contributed by atoms with E-state index < -0.39 is 0 Å². The Morgan fingerprint density at radius 1 is 1.15 bits per heavy atom. The molecule has 1 aliphatic rings. The lowest BCUT2D eigenvalue weighted by molar-refractivity contribution is 0.408. The van der Waals surface area contributed by atoms with Crippen molar-refractivity contribution in [1.82, 2.24) is 29.5 Å². The van der Waals surface area contributed by atoms with E-state index in [1.807, 2.05) is 30.9 Å². The van der Waals surface area contributed by atoms with Crippen LogP contribution in [0.4, 0.5) is 5.82 Å². The molecule has 7 nitrogen and oxygen atoms in total. The Kier molecular flexibility index (Phi) is 4.60. The number of hydrogen-bond acceptors (Lipinski definition) is 6. The van der Waals surface area contributed by atoms with Gasteiger partial charge in [-0.2, -0.15) is 0 Å². The summed E-state index contributed by atoms with van der Waals surface area (Å²) in [4.78, 5) is 24.4. The standard InChI is InChI=1S/C19H23N7/c1-14-6-19(23-12-22-14)26-5-3-4-15(11-26)7-16-8-20-9-17(24-16)18-10-21-13-25(18)2/h6,8-10,12-13,15H,3-5,7,11H2,1-2H3/t15-/m1/s1. The number of rotatable bonds is 4. The molecule has 4 heterocycles. The van der Waals surface area contributed by atoms with Crippen LogP contribution in [0.5, 0.6) is 0 Å². The van der Waals surface area contributed by atoms with Crippen LogP contribution < -0.4 is 4.90 Å². The van der Waals surface area contributed by atoms with E-state index in [0.29, 0.717) is 5.92 Å². The van der Waals surface area contributed by atoms with Crippen molar-refractivity contribution in [1.29, 1.82) is 0 Å². The van der Waals surface area contributed by atoms with Gasteiger partial charge in [-0.3, -0.25) is 4.98 Å². The number of nitrogens with zero attached hydrogens (tertiary/aromatic N) is 7. The lowest BCUT2D eigenvalue weighted by Crippen LogP contribution is -2.37. The summed E-state index contributed by atoms with van der Waals surface area (Å²) in [5, 5.41) is 0. The van der Waals surface area contributed by atoms with Gasteiger partial charge in [0.05, 0.1) is 30.1 Å². The zero-order valence-corrected chi connectivity index (χ0v) is 15.2. The number of hydrogen-bond donors (Lipinski definition) is 0. The summed E-state index contributed by atoms with van der Waals surface area (Å²) in [6, 6.07) is 2.06. The highest BCUT2D eigenvalue weighted by atomic mass is 15.2. The molecule has 0 bridgehead atoms. The van der Waals surface area contributed by atoms with Gasteiger partial charge in [-0.25, -0.2) is 19.9 Å². The maximum Gasteiger partial charge on any atom is 0.132 e. The second-order valence-electron chi connectivity index (χ2n) is 6.96. The molecule has 4 rings (SSSR count). The summed E-state index contributed by atoms with van der Waals surface area (Å²) in [5.41, 5.74) is 3.91. The van der Waals surface area contributed by atoms with E-state index in [1.54, 1.807) is 18.9 Å². The second kappa shape index (κ2) is 7.19. The van der Waals surface area contributed by atoms with Crippen molar-refractivity contribution >= 4 is 5.82 Å². The van der Waals surface area contributed by atoms with E-state index in [-0.39, 0.29) is 0 Å². The van der Waals surface area contributed by atoms with E-state index in [0.717, 1.165) is 48.1 Å². The highest BCUT2D eigenvalue weighted by Crippen LogP contribution is 2.24. The quantitative estimate of drug-likeness (QED) is 0.720. The summed E-state index contributed by atoms with van der Waals surface area (Å²) >= 11 is 0. The van der Waals surface area contributed by atoms with Crippen LogP contribution in [-0.4, -0.2) is 42.6 Å². The van der Waals surface area contributed by atoms with Gasteiger partial charge in [0.15, 0.2) is 0 Å². The molecule has 3 aromatic rings. The van der Waals surface area contributed by atoms with Gasteiger partial charge in [-0.1, -0.05) is 0 Å². The Hall–Kier alpha value is -2.83. The van der Waals surface area contributed by atoms with Crippen LogP contribution in [0.15, 0.2) is 37.3 Å². The first-order valence-corrected chi connectivity index (χ1v) is 9.00. The fourth-order valence-electron chi connectivity index (χ4n) is 3.58. The molecular weight excluding hydrogens is 326 g/mol. The van der Waals surface area contributed by atoms with Crippen molar-refractivity contribution in [3.05, 3.63) is 48.7 Å². The molecule has 0 radical (unpaired) electrons. The minimum absolute atomic E-state index is 0.551. The average Bonchev–Trinajstić information content (AvgIpc) is 3.08. The topological polar surface area (TPSA) is 72.6 Å². The van der Waals surface area contributed by atoms with Gasteiger partial charge >= 0.3 is 0 Å². The molecule has 0 N–H and O–H groups in total. The molecule has 3 aromatic heterocycles. The van der Waals surface area contributed by atoms with Crippen molar-refractivity contribution in [2.45, 2.75) is 26.2 Å². The van der Waals surface area contributed by atoms with Crippen LogP contribution in [0.3, 0.4) is 0 Å². The highest BCUT2D eigenvalue weighted by molar-refractivity contribution is 5.52. The monoisotopic (exact) mass is 349 g/mol. The van der Waals surface area contributed by atoms with E-state index in [2.05, 4.69) is 30.9 Å². The van der Waals surface area contributed by atoms with Gasteiger partial charge < -0.3 is 9.47 Å². The maximum atomic E-state index is 4.81. The molecule has 0 amide bonds. The Morgan fingerprint density at radius 3 is 2.88 bits per heavy atom. The Bertz CT molecular complexity index is 889. The Morgan fingerprint density at radius 2 is 2.08 bits per heavy atom. The van der Waals surface area contributed by atoms with Crippen molar-refractivity contribution in [2.24, 2.45) is 13.0 Å². The van der Waals surface area contributed by atoms with Crippen LogP contribution in [0.25, 0.3) is 11.4 Å². The summed E-state index contributed by atoms with van der Waals surface area (Å²) in [6.45, 7) is 4.05. The molecule has 0 aliphatic carbocycles. The van der Waals surface area contributed by atoms with Gasteiger partial charge in [-0.05, 0) is 32.1 Å². The van der Waals surface area contributed by atoms with E-state index >= 15 is 0 Å². The van der Waals surface area contributed by atoms with Crippen LogP contribution in [0, 0.1) is 12.8 Å². The predicted molar refractivity (Wildman–Crippen MR) is 99.6 cm³/mol. The third-order valence-electron chi connectivity index (χ3n) is 4.89. The third kappa shape index (κ3) is 3.56. The van der Waals surface area contributed by atoms with E-state index in [9.17, 15) is 0 Å². The molecule has 1 atom stereocenters. The smallest absolute Gasteiger partial charge is 0.132 e. The van der Waals surface area contributed by atoms with Crippen LogP contribution in [-0.2, 0) is 13.5 Å². The second-order valence-corrected chi connectivity index (χ2v) is 6.96. The molecule has 0 saturated carbocycles. The summed E-state index contributed by atoms with van der Waals surface area (Å²) in [7, 11) is 1.97. The Balaban J connectivity index is 1.48. The predicted octanol–water partition coefficient (Wildman–Crippen LogP) is 2.43. The fourth-order valence-corrected chi connectivity index (χ4v) is 3.58. The molecule has 134 valence electrons. The van der Waals surface area contributed by atoms with Gasteiger partial charge in [0, 0.05) is 38.1 Å². The van der Waals surface area contributed by atoms with Gasteiger partial charge in [0.2, 0.25) is 0 Å². The van der Waals surface area contributed by atoms with E-state index in [4.69, 9.17) is 4.98 Å². The van der Waals surface area contributed by atoms with Crippen LogP contribution in [0.2, 0.25) is 0 Å². The third-order valence-corrected chi connectivity index (χ3v) is 4.89. The minimum Gasteiger partial charge on any atom is -0.356 e. The molecule has 1 aliphatic heterocycles. The first-order chi connectivity index (χ1) is 12.7. The summed E-state index contributed by atoms with van der Waals surface area (Å²) < 4.78 is 1.97. The number of aryl methyl sites for hydroxylation is 2. The number of imidazole rings is 1. The lowest BCUT2D eigenvalue weighted by Gasteiger charge is -2.33. The first kappa shape index (κ1) is 16.6. The molecule has 0 spiro atoms. The normalized spacial score (nSPS) is 17.5. The zero-order chi connectivity index (χ0) is 17.9. The molecule has 1 saturated heterocycles. The summed E-state index contributed by atoms with van der Waals surface area (Å²) in [5.74, 6) is 1.58. The Labute approximate surface area is 153 Å². The zero-order valence-electron chi connectivity index (χ0n) is 15.2. The van der Waals surface area contributed by atoms with Crippen molar-refractivity contribution < 1.29 is 0 Å². The number of piperidine rings is 1. The molecular formula is C19H23N7. The first-order valence-electron chi connectivity index (χ1n) is 9.00. The van der Waals surface area contributed by atoms with Crippen molar-refractivity contribution in [3.8, 4) is 11.4 Å².